The van der Waals surface area contributed by atoms with Crippen molar-refractivity contribution in [1.82, 2.24) is 9.88 Å². The molecule has 3 nitrogen and oxygen atoms in total. The number of hydrogen-bond donors (Lipinski definition) is 0. The fourth-order valence-electron chi connectivity index (χ4n) is 5.13. The van der Waals surface area contributed by atoms with Crippen LogP contribution < -0.4 is 4.90 Å². The molecule has 0 amide bonds. The number of pyridine rings is 1. The van der Waals surface area contributed by atoms with Gasteiger partial charge >= 0.3 is 0 Å². The van der Waals surface area contributed by atoms with Gasteiger partial charge in [-0.15, -0.1) is 0 Å². The van der Waals surface area contributed by atoms with Crippen LogP contribution >= 0.6 is 0 Å². The number of aromatic nitrogens is 1. The summed E-state index contributed by atoms with van der Waals surface area (Å²) in [4.78, 5) is 9.89. The Morgan fingerprint density at radius 2 is 1.57 bits per heavy atom. The Morgan fingerprint density at radius 3 is 2.27 bits per heavy atom. The Morgan fingerprint density at radius 1 is 0.867 bits per heavy atom. The van der Waals surface area contributed by atoms with E-state index in [1.165, 1.54) is 67.7 Å². The van der Waals surface area contributed by atoms with Crippen molar-refractivity contribution < 1.29 is 0 Å². The van der Waals surface area contributed by atoms with Gasteiger partial charge in [-0.3, -0.25) is 9.88 Å². The second-order valence-electron chi connectivity index (χ2n) is 10.6. The fourth-order valence-corrected chi connectivity index (χ4v) is 5.13. The van der Waals surface area contributed by atoms with Gasteiger partial charge in [0, 0.05) is 43.6 Å². The average molecular weight is 406 g/mol. The van der Waals surface area contributed by atoms with Crippen molar-refractivity contribution in [2.75, 3.05) is 37.6 Å². The third-order valence-corrected chi connectivity index (χ3v) is 7.46. The molecular formula is C27H39N3. The molecule has 1 fully saturated rings. The van der Waals surface area contributed by atoms with Crippen molar-refractivity contribution in [2.45, 2.75) is 71.1 Å². The van der Waals surface area contributed by atoms with Gasteiger partial charge in [0.2, 0.25) is 0 Å². The van der Waals surface area contributed by atoms with E-state index in [1.807, 2.05) is 6.20 Å². The molecule has 0 saturated carbocycles. The van der Waals surface area contributed by atoms with Gasteiger partial charge in [0.05, 0.1) is 5.69 Å². The first kappa shape index (κ1) is 21.4. The van der Waals surface area contributed by atoms with E-state index >= 15 is 0 Å². The summed E-state index contributed by atoms with van der Waals surface area (Å²) in [7, 11) is 0. The highest BCUT2D eigenvalue weighted by Crippen LogP contribution is 2.46. The van der Waals surface area contributed by atoms with Crippen LogP contribution in [0.5, 0.6) is 0 Å². The molecule has 1 aliphatic heterocycles. The minimum atomic E-state index is 0.229. The van der Waals surface area contributed by atoms with Crippen molar-refractivity contribution in [2.24, 2.45) is 0 Å². The Kier molecular flexibility index (Phi) is 5.94. The summed E-state index contributed by atoms with van der Waals surface area (Å²) in [5, 5.41) is 0. The normalized spacial score (nSPS) is 20.8. The SMILES string of the molecule is CCCCN1CCN(c2ccnc(-c3ccc4c(c3)C(C)(C)CCC4(C)C)c2)CC1. The third kappa shape index (κ3) is 4.27. The molecule has 0 unspecified atom stereocenters. The molecule has 1 saturated heterocycles. The quantitative estimate of drug-likeness (QED) is 0.606. The zero-order valence-corrected chi connectivity index (χ0v) is 19.7. The van der Waals surface area contributed by atoms with Gasteiger partial charge in [0.25, 0.3) is 0 Å². The van der Waals surface area contributed by atoms with Crippen LogP contribution in [0.4, 0.5) is 5.69 Å². The van der Waals surface area contributed by atoms with Gasteiger partial charge in [-0.1, -0.05) is 53.2 Å². The Hall–Kier alpha value is -1.87. The van der Waals surface area contributed by atoms with Gasteiger partial charge < -0.3 is 4.90 Å². The van der Waals surface area contributed by atoms with Crippen molar-refractivity contribution in [3.63, 3.8) is 0 Å². The maximum Gasteiger partial charge on any atom is 0.0722 e. The first-order valence-corrected chi connectivity index (χ1v) is 11.9. The molecule has 1 aliphatic carbocycles. The van der Waals surface area contributed by atoms with Crippen LogP contribution in [0.3, 0.4) is 0 Å². The van der Waals surface area contributed by atoms with Gasteiger partial charge in [0.15, 0.2) is 0 Å². The molecule has 0 spiro atoms. The molecule has 2 aromatic rings. The molecule has 4 rings (SSSR count). The van der Waals surface area contributed by atoms with Gasteiger partial charge in [0.1, 0.15) is 0 Å². The Balaban J connectivity index is 1.57. The Bertz CT molecular complexity index is 875. The predicted molar refractivity (Wildman–Crippen MR) is 129 cm³/mol. The zero-order valence-electron chi connectivity index (χ0n) is 19.7. The second-order valence-corrected chi connectivity index (χ2v) is 10.6. The van der Waals surface area contributed by atoms with E-state index in [1.54, 1.807) is 0 Å². The minimum absolute atomic E-state index is 0.229. The molecule has 2 aliphatic rings. The summed E-state index contributed by atoms with van der Waals surface area (Å²) < 4.78 is 0. The van der Waals surface area contributed by atoms with E-state index in [0.717, 1.165) is 18.8 Å². The van der Waals surface area contributed by atoms with Crippen molar-refractivity contribution in [3.8, 4) is 11.3 Å². The Labute approximate surface area is 183 Å². The van der Waals surface area contributed by atoms with Crippen molar-refractivity contribution in [1.29, 1.82) is 0 Å². The highest BCUT2D eigenvalue weighted by Gasteiger charge is 2.37. The topological polar surface area (TPSA) is 19.4 Å². The summed E-state index contributed by atoms with van der Waals surface area (Å²) in [5.74, 6) is 0. The summed E-state index contributed by atoms with van der Waals surface area (Å²) in [6.07, 6.45) is 7.08. The number of nitrogens with zero attached hydrogens (tertiary/aromatic N) is 3. The van der Waals surface area contributed by atoms with E-state index < -0.39 is 0 Å². The lowest BCUT2D eigenvalue weighted by Crippen LogP contribution is -2.46. The molecule has 30 heavy (non-hydrogen) atoms. The highest BCUT2D eigenvalue weighted by atomic mass is 15.3. The molecule has 0 radical (unpaired) electrons. The van der Waals surface area contributed by atoms with Gasteiger partial charge in [-0.05, 0) is 66.0 Å². The molecule has 1 aromatic heterocycles. The van der Waals surface area contributed by atoms with E-state index in [0.29, 0.717) is 0 Å². The molecule has 2 heterocycles. The lowest BCUT2D eigenvalue weighted by atomic mass is 9.63. The maximum atomic E-state index is 4.76. The van der Waals surface area contributed by atoms with Crippen LogP contribution in [0.2, 0.25) is 0 Å². The number of piperazine rings is 1. The molecule has 0 N–H and O–H groups in total. The van der Waals surface area contributed by atoms with Crippen LogP contribution in [-0.2, 0) is 10.8 Å². The standard InChI is InChI=1S/C27H39N3/c1-6-7-14-29-15-17-30(18-16-29)22-10-13-28-25(20-22)21-8-9-23-24(19-21)27(4,5)12-11-26(23,2)3/h8-10,13,19-20H,6-7,11-12,14-18H2,1-5H3. The van der Waals surface area contributed by atoms with Crippen LogP contribution in [0, 0.1) is 0 Å². The predicted octanol–water partition coefficient (Wildman–Crippen LogP) is 6.02. The number of benzene rings is 1. The van der Waals surface area contributed by atoms with Crippen LogP contribution in [0.25, 0.3) is 11.3 Å². The van der Waals surface area contributed by atoms with E-state index in [2.05, 4.69) is 74.8 Å². The summed E-state index contributed by atoms with van der Waals surface area (Å²) in [6.45, 7) is 17.6. The van der Waals surface area contributed by atoms with E-state index in [-0.39, 0.29) is 10.8 Å². The fraction of sp³-hybridized carbons (Fsp3) is 0.593. The first-order chi connectivity index (χ1) is 14.3. The van der Waals surface area contributed by atoms with Crippen molar-refractivity contribution >= 4 is 5.69 Å². The molecular weight excluding hydrogens is 366 g/mol. The minimum Gasteiger partial charge on any atom is -0.369 e. The van der Waals surface area contributed by atoms with Crippen LogP contribution in [0.15, 0.2) is 36.5 Å². The number of unbranched alkanes of at least 4 members (excludes halogenated alkanes) is 1. The van der Waals surface area contributed by atoms with Crippen LogP contribution in [-0.4, -0.2) is 42.6 Å². The number of fused-ring (bicyclic) bond motifs is 1. The lowest BCUT2D eigenvalue weighted by molar-refractivity contribution is 0.254. The summed E-state index contributed by atoms with van der Waals surface area (Å²) >= 11 is 0. The maximum absolute atomic E-state index is 4.76. The van der Waals surface area contributed by atoms with Crippen molar-refractivity contribution in [3.05, 3.63) is 47.7 Å². The lowest BCUT2D eigenvalue weighted by Gasteiger charge is -2.42. The monoisotopic (exact) mass is 405 g/mol. The zero-order chi connectivity index (χ0) is 21.4. The van der Waals surface area contributed by atoms with Gasteiger partial charge in [-0.2, -0.15) is 0 Å². The summed E-state index contributed by atoms with van der Waals surface area (Å²) in [6, 6.07) is 11.6. The molecule has 1 aromatic carbocycles. The average Bonchev–Trinajstić information content (AvgIpc) is 2.76. The summed E-state index contributed by atoms with van der Waals surface area (Å²) in [5.41, 5.74) is 7.18. The molecule has 162 valence electrons. The number of hydrogen-bond acceptors (Lipinski definition) is 3. The number of rotatable bonds is 5. The van der Waals surface area contributed by atoms with E-state index in [4.69, 9.17) is 4.98 Å². The third-order valence-electron chi connectivity index (χ3n) is 7.46. The first-order valence-electron chi connectivity index (χ1n) is 11.9. The molecule has 0 bridgehead atoms. The number of anilines is 1. The highest BCUT2D eigenvalue weighted by molar-refractivity contribution is 5.67. The second kappa shape index (κ2) is 8.34. The van der Waals surface area contributed by atoms with Gasteiger partial charge in [-0.25, -0.2) is 0 Å². The molecule has 0 atom stereocenters. The molecule has 3 heteroatoms. The van der Waals surface area contributed by atoms with E-state index in [9.17, 15) is 0 Å². The smallest absolute Gasteiger partial charge is 0.0722 e. The largest absolute Gasteiger partial charge is 0.369 e. The van der Waals surface area contributed by atoms with Crippen LogP contribution in [0.1, 0.15) is 71.4 Å².